The topological polar surface area (TPSA) is 58.6 Å². The van der Waals surface area contributed by atoms with Crippen molar-refractivity contribution in [2.75, 3.05) is 25.0 Å². The van der Waals surface area contributed by atoms with Crippen LogP contribution in [0.5, 0.6) is 0 Å². The van der Waals surface area contributed by atoms with Crippen LogP contribution in [0.25, 0.3) is 0 Å². The SMILES string of the molecule is CCOC(=O)C1CCN(C(=O)Nc2ccc(CC)cc2)CC1. The number of amides is 2. The van der Waals surface area contributed by atoms with Gasteiger partial charge in [0.1, 0.15) is 0 Å². The van der Waals surface area contributed by atoms with Crippen molar-refractivity contribution in [3.8, 4) is 0 Å². The van der Waals surface area contributed by atoms with Crippen LogP contribution < -0.4 is 5.32 Å². The Kier molecular flexibility index (Phi) is 5.81. The fourth-order valence-corrected chi connectivity index (χ4v) is 2.60. The van der Waals surface area contributed by atoms with Gasteiger partial charge >= 0.3 is 12.0 Å². The molecule has 0 bridgehead atoms. The number of hydrogen-bond acceptors (Lipinski definition) is 3. The van der Waals surface area contributed by atoms with Crippen LogP contribution in [0.3, 0.4) is 0 Å². The van der Waals surface area contributed by atoms with Crippen LogP contribution in [0.1, 0.15) is 32.3 Å². The molecule has 0 aromatic heterocycles. The molecule has 1 aliphatic rings. The maximum absolute atomic E-state index is 12.2. The zero-order valence-corrected chi connectivity index (χ0v) is 13.3. The number of aryl methyl sites for hydroxylation is 1. The summed E-state index contributed by atoms with van der Waals surface area (Å²) in [6.07, 6.45) is 2.32. The predicted octanol–water partition coefficient (Wildman–Crippen LogP) is 3.06. The molecule has 1 heterocycles. The van der Waals surface area contributed by atoms with Crippen molar-refractivity contribution < 1.29 is 14.3 Å². The molecule has 5 heteroatoms. The number of carbonyl (C=O) groups is 2. The van der Waals surface area contributed by atoms with E-state index < -0.39 is 0 Å². The summed E-state index contributed by atoms with van der Waals surface area (Å²) in [5.74, 6) is -0.217. The zero-order chi connectivity index (χ0) is 15.9. The second kappa shape index (κ2) is 7.82. The van der Waals surface area contributed by atoms with Crippen LogP contribution in [-0.4, -0.2) is 36.6 Å². The molecule has 1 N–H and O–H groups in total. The average Bonchev–Trinajstić information content (AvgIpc) is 2.56. The third-order valence-corrected chi connectivity index (χ3v) is 4.02. The molecule has 22 heavy (non-hydrogen) atoms. The molecule has 0 spiro atoms. The molecular weight excluding hydrogens is 280 g/mol. The van der Waals surface area contributed by atoms with Crippen LogP contribution in [0, 0.1) is 5.92 Å². The van der Waals surface area contributed by atoms with Gasteiger partial charge in [-0.3, -0.25) is 4.79 Å². The van der Waals surface area contributed by atoms with Crippen LogP contribution in [-0.2, 0) is 16.0 Å². The highest BCUT2D eigenvalue weighted by molar-refractivity contribution is 5.89. The molecule has 0 saturated carbocycles. The molecule has 0 radical (unpaired) electrons. The highest BCUT2D eigenvalue weighted by atomic mass is 16.5. The van der Waals surface area contributed by atoms with E-state index in [1.54, 1.807) is 4.90 Å². The van der Waals surface area contributed by atoms with E-state index in [2.05, 4.69) is 12.2 Å². The number of hydrogen-bond donors (Lipinski definition) is 1. The molecule has 0 aliphatic carbocycles. The number of urea groups is 1. The summed E-state index contributed by atoms with van der Waals surface area (Å²) in [7, 11) is 0. The highest BCUT2D eigenvalue weighted by Gasteiger charge is 2.28. The van der Waals surface area contributed by atoms with E-state index in [-0.39, 0.29) is 17.9 Å². The van der Waals surface area contributed by atoms with E-state index in [0.717, 1.165) is 12.1 Å². The van der Waals surface area contributed by atoms with Gasteiger partial charge in [-0.2, -0.15) is 0 Å². The summed E-state index contributed by atoms with van der Waals surface area (Å²) < 4.78 is 5.04. The van der Waals surface area contributed by atoms with Crippen LogP contribution in [0.15, 0.2) is 24.3 Å². The van der Waals surface area contributed by atoms with Gasteiger partial charge in [0.2, 0.25) is 0 Å². The number of nitrogens with one attached hydrogen (secondary N) is 1. The number of piperidine rings is 1. The van der Waals surface area contributed by atoms with Gasteiger partial charge in [-0.15, -0.1) is 0 Å². The molecule has 1 aromatic rings. The lowest BCUT2D eigenvalue weighted by Crippen LogP contribution is -2.42. The van der Waals surface area contributed by atoms with Crippen molar-refractivity contribution in [2.45, 2.75) is 33.1 Å². The summed E-state index contributed by atoms with van der Waals surface area (Å²) in [5, 5.41) is 2.90. The minimum absolute atomic E-state index is 0.0761. The second-order valence-corrected chi connectivity index (χ2v) is 5.49. The Balaban J connectivity index is 1.83. The van der Waals surface area contributed by atoms with Crippen LogP contribution in [0.4, 0.5) is 10.5 Å². The molecule has 1 saturated heterocycles. The van der Waals surface area contributed by atoms with E-state index >= 15 is 0 Å². The van der Waals surface area contributed by atoms with Crippen molar-refractivity contribution in [3.63, 3.8) is 0 Å². The normalized spacial score (nSPS) is 15.5. The Labute approximate surface area is 131 Å². The van der Waals surface area contributed by atoms with Crippen molar-refractivity contribution in [1.29, 1.82) is 0 Å². The first kappa shape index (κ1) is 16.3. The standard InChI is InChI=1S/C17H24N2O3/c1-3-13-5-7-15(8-6-13)18-17(21)19-11-9-14(10-12-19)16(20)22-4-2/h5-8,14H,3-4,9-12H2,1-2H3,(H,18,21). The number of benzene rings is 1. The van der Waals surface area contributed by atoms with Crippen molar-refractivity contribution in [1.82, 2.24) is 4.90 Å². The minimum Gasteiger partial charge on any atom is -0.466 e. The number of carbonyl (C=O) groups excluding carboxylic acids is 2. The molecule has 1 fully saturated rings. The molecule has 0 unspecified atom stereocenters. The monoisotopic (exact) mass is 304 g/mol. The lowest BCUT2D eigenvalue weighted by atomic mass is 9.97. The minimum atomic E-state index is -0.141. The summed E-state index contributed by atoms with van der Waals surface area (Å²) in [6.45, 7) is 5.49. The first-order chi connectivity index (χ1) is 10.6. The number of nitrogens with zero attached hydrogens (tertiary/aromatic N) is 1. The number of anilines is 1. The van der Waals surface area contributed by atoms with E-state index in [1.807, 2.05) is 31.2 Å². The van der Waals surface area contributed by atoms with Gasteiger partial charge in [-0.25, -0.2) is 4.79 Å². The summed E-state index contributed by atoms with van der Waals surface area (Å²) >= 11 is 0. The largest absolute Gasteiger partial charge is 0.466 e. The first-order valence-corrected chi connectivity index (χ1v) is 7.95. The van der Waals surface area contributed by atoms with Crippen molar-refractivity contribution >= 4 is 17.7 Å². The third kappa shape index (κ3) is 4.23. The van der Waals surface area contributed by atoms with Crippen molar-refractivity contribution in [3.05, 3.63) is 29.8 Å². The van der Waals surface area contributed by atoms with Gasteiger partial charge < -0.3 is 15.0 Å². The summed E-state index contributed by atoms with van der Waals surface area (Å²) in [5.41, 5.74) is 2.04. The molecule has 0 atom stereocenters. The van der Waals surface area contributed by atoms with Crippen molar-refractivity contribution in [2.24, 2.45) is 5.92 Å². The Morgan fingerprint density at radius 3 is 2.36 bits per heavy atom. The number of esters is 1. The molecular formula is C17H24N2O3. The number of ether oxygens (including phenoxy) is 1. The van der Waals surface area contributed by atoms with Gasteiger partial charge in [0.05, 0.1) is 12.5 Å². The van der Waals surface area contributed by atoms with Gasteiger partial charge in [-0.1, -0.05) is 19.1 Å². The number of likely N-dealkylation sites (tertiary alicyclic amines) is 1. The third-order valence-electron chi connectivity index (χ3n) is 4.02. The first-order valence-electron chi connectivity index (χ1n) is 7.95. The maximum atomic E-state index is 12.2. The van der Waals surface area contributed by atoms with Gasteiger partial charge in [0.15, 0.2) is 0 Å². The molecule has 2 amide bonds. The van der Waals surface area contributed by atoms with E-state index in [1.165, 1.54) is 5.56 Å². The zero-order valence-electron chi connectivity index (χ0n) is 13.3. The predicted molar refractivity (Wildman–Crippen MR) is 85.8 cm³/mol. The highest BCUT2D eigenvalue weighted by Crippen LogP contribution is 2.20. The van der Waals surface area contributed by atoms with E-state index in [0.29, 0.717) is 32.5 Å². The molecule has 2 rings (SSSR count). The average molecular weight is 304 g/mol. The van der Waals surface area contributed by atoms with Gasteiger partial charge in [-0.05, 0) is 43.9 Å². The fourth-order valence-electron chi connectivity index (χ4n) is 2.60. The van der Waals surface area contributed by atoms with Gasteiger partial charge in [0.25, 0.3) is 0 Å². The lowest BCUT2D eigenvalue weighted by Gasteiger charge is -2.30. The van der Waals surface area contributed by atoms with Gasteiger partial charge in [0, 0.05) is 18.8 Å². The molecule has 1 aromatic carbocycles. The maximum Gasteiger partial charge on any atom is 0.321 e. The number of rotatable bonds is 4. The Morgan fingerprint density at radius 1 is 1.18 bits per heavy atom. The quantitative estimate of drug-likeness (QED) is 0.870. The lowest BCUT2D eigenvalue weighted by molar-refractivity contribution is -0.149. The Morgan fingerprint density at radius 2 is 1.82 bits per heavy atom. The molecule has 120 valence electrons. The Hall–Kier alpha value is -2.04. The summed E-state index contributed by atoms with van der Waals surface area (Å²) in [4.78, 5) is 25.7. The van der Waals surface area contributed by atoms with E-state index in [9.17, 15) is 9.59 Å². The smallest absolute Gasteiger partial charge is 0.321 e. The summed E-state index contributed by atoms with van der Waals surface area (Å²) in [6, 6.07) is 7.77. The van der Waals surface area contributed by atoms with Crippen LogP contribution >= 0.6 is 0 Å². The fraction of sp³-hybridized carbons (Fsp3) is 0.529. The van der Waals surface area contributed by atoms with E-state index in [4.69, 9.17) is 4.74 Å². The molecule has 1 aliphatic heterocycles. The Bertz CT molecular complexity index is 505. The molecule has 5 nitrogen and oxygen atoms in total. The van der Waals surface area contributed by atoms with Crippen LogP contribution in [0.2, 0.25) is 0 Å². The second-order valence-electron chi connectivity index (χ2n) is 5.49.